The van der Waals surface area contributed by atoms with Crippen molar-refractivity contribution in [3.8, 4) is 11.3 Å². The van der Waals surface area contributed by atoms with Crippen molar-refractivity contribution < 1.29 is 0 Å². The lowest BCUT2D eigenvalue weighted by Gasteiger charge is -2.26. The average Bonchev–Trinajstić information content (AvgIpc) is 3.05. The van der Waals surface area contributed by atoms with E-state index in [-0.39, 0.29) is 5.95 Å². The summed E-state index contributed by atoms with van der Waals surface area (Å²) < 4.78 is 2.26. The maximum absolute atomic E-state index is 7.32. The molecule has 1 aliphatic rings. The summed E-state index contributed by atoms with van der Waals surface area (Å²) in [5.74, 6) is 1.71. The Hall–Kier alpha value is -2.38. The van der Waals surface area contributed by atoms with Crippen LogP contribution in [-0.4, -0.2) is 14.5 Å². The van der Waals surface area contributed by atoms with E-state index in [1.165, 1.54) is 25.7 Å². The number of nitrogens with zero attached hydrogens (tertiary/aromatic N) is 4. The molecule has 1 aromatic carbocycles. The van der Waals surface area contributed by atoms with Gasteiger partial charge in [0.2, 0.25) is 0 Å². The van der Waals surface area contributed by atoms with Crippen LogP contribution in [0.15, 0.2) is 36.5 Å². The van der Waals surface area contributed by atoms with Gasteiger partial charge in [-0.2, -0.15) is 0 Å². The maximum atomic E-state index is 7.32. The Morgan fingerprint density at radius 1 is 1.19 bits per heavy atom. The number of hydrogen-bond donors (Lipinski definition) is 0. The van der Waals surface area contributed by atoms with Crippen LogP contribution in [0, 0.1) is 18.4 Å². The van der Waals surface area contributed by atoms with E-state index in [2.05, 4.69) is 32.5 Å². The van der Waals surface area contributed by atoms with Crippen molar-refractivity contribution in [3.05, 3.63) is 53.0 Å². The lowest BCUT2D eigenvalue weighted by atomic mass is 9.83. The fourth-order valence-electron chi connectivity index (χ4n) is 3.92. The Kier molecular flexibility index (Phi) is 4.65. The Balaban J connectivity index is 1.79. The highest BCUT2D eigenvalue weighted by atomic mass is 35.5. The minimum atomic E-state index is 0.178. The minimum Gasteiger partial charge on any atom is -0.394 e. The summed E-state index contributed by atoms with van der Waals surface area (Å²) in [6.45, 7) is 10.6. The minimum absolute atomic E-state index is 0.178. The second-order valence-corrected chi connectivity index (χ2v) is 7.76. The molecule has 5 heteroatoms. The predicted octanol–water partition coefficient (Wildman–Crippen LogP) is 6.13. The highest BCUT2D eigenvalue weighted by Gasteiger charge is 2.22. The van der Waals surface area contributed by atoms with Gasteiger partial charge in [0.1, 0.15) is 11.0 Å². The first-order chi connectivity index (χ1) is 12.6. The van der Waals surface area contributed by atoms with Crippen molar-refractivity contribution in [2.24, 2.45) is 11.8 Å². The van der Waals surface area contributed by atoms with E-state index in [1.807, 2.05) is 30.3 Å². The first-order valence-corrected chi connectivity index (χ1v) is 9.52. The van der Waals surface area contributed by atoms with Gasteiger partial charge in [-0.25, -0.2) is 0 Å². The second kappa shape index (κ2) is 7.09. The topological polar surface area (TPSA) is 35.1 Å². The van der Waals surface area contributed by atoms with Crippen LogP contribution in [0.2, 0.25) is 5.02 Å². The van der Waals surface area contributed by atoms with E-state index in [0.717, 1.165) is 34.8 Å². The van der Waals surface area contributed by atoms with E-state index >= 15 is 0 Å². The summed E-state index contributed by atoms with van der Waals surface area (Å²) in [6, 6.07) is 9.64. The van der Waals surface area contributed by atoms with Crippen molar-refractivity contribution in [1.29, 1.82) is 0 Å². The third-order valence-electron chi connectivity index (χ3n) is 5.39. The highest BCUT2D eigenvalue weighted by molar-refractivity contribution is 6.30. The molecular weight excluding hydrogens is 344 g/mol. The second-order valence-electron chi connectivity index (χ2n) is 7.32. The largest absolute Gasteiger partial charge is 0.394 e. The summed E-state index contributed by atoms with van der Waals surface area (Å²) in [7, 11) is 0. The standard InChI is InChI=1S/C21H21ClN4/c1-14-6-8-15(9-7-14)13-26-11-10-18-20(26)19(25-21(23-2)24-18)16-4-3-5-17(22)12-16/h3-5,10-12,14-15H,6-9,13H2,1H3. The molecule has 0 unspecified atom stereocenters. The number of benzene rings is 1. The van der Waals surface area contributed by atoms with Gasteiger partial charge in [0, 0.05) is 23.3 Å². The van der Waals surface area contributed by atoms with Gasteiger partial charge in [-0.3, -0.25) is 0 Å². The fourth-order valence-corrected chi connectivity index (χ4v) is 4.11. The Morgan fingerprint density at radius 3 is 2.73 bits per heavy atom. The SMILES string of the molecule is [C-]#[N+]c1nc(-c2cccc(Cl)c2)c2c(ccn2CC2CCC(C)CC2)n1. The first-order valence-electron chi connectivity index (χ1n) is 9.14. The van der Waals surface area contributed by atoms with Crippen LogP contribution in [0.4, 0.5) is 5.95 Å². The van der Waals surface area contributed by atoms with Gasteiger partial charge in [-0.1, -0.05) is 43.5 Å². The zero-order valence-electron chi connectivity index (χ0n) is 14.8. The maximum Gasteiger partial charge on any atom is 0.372 e. The molecule has 4 nitrogen and oxygen atoms in total. The lowest BCUT2D eigenvalue weighted by molar-refractivity contribution is 0.267. The lowest BCUT2D eigenvalue weighted by Crippen LogP contribution is -2.17. The average molecular weight is 365 g/mol. The molecule has 0 N–H and O–H groups in total. The van der Waals surface area contributed by atoms with Crippen LogP contribution in [-0.2, 0) is 6.54 Å². The van der Waals surface area contributed by atoms with Crippen LogP contribution in [0.1, 0.15) is 32.6 Å². The quantitative estimate of drug-likeness (QED) is 0.524. The van der Waals surface area contributed by atoms with Crippen LogP contribution in [0.25, 0.3) is 27.1 Å². The van der Waals surface area contributed by atoms with Crippen LogP contribution < -0.4 is 0 Å². The first kappa shape index (κ1) is 17.1. The number of aromatic nitrogens is 3. The van der Waals surface area contributed by atoms with Gasteiger partial charge >= 0.3 is 5.95 Å². The molecule has 0 amide bonds. The number of fused-ring (bicyclic) bond motifs is 1. The molecule has 1 fully saturated rings. The fraction of sp³-hybridized carbons (Fsp3) is 0.381. The molecule has 26 heavy (non-hydrogen) atoms. The molecule has 0 bridgehead atoms. The summed E-state index contributed by atoms with van der Waals surface area (Å²) in [5, 5.41) is 0.665. The van der Waals surface area contributed by atoms with E-state index in [4.69, 9.17) is 18.2 Å². The summed E-state index contributed by atoms with van der Waals surface area (Å²) >= 11 is 6.19. The summed E-state index contributed by atoms with van der Waals surface area (Å²) in [6.07, 6.45) is 7.24. The molecule has 0 saturated heterocycles. The van der Waals surface area contributed by atoms with E-state index in [0.29, 0.717) is 10.9 Å². The molecule has 0 aliphatic heterocycles. The van der Waals surface area contributed by atoms with E-state index in [9.17, 15) is 0 Å². The smallest absolute Gasteiger partial charge is 0.372 e. The van der Waals surface area contributed by atoms with Gasteiger partial charge in [0.15, 0.2) is 5.69 Å². The zero-order valence-corrected chi connectivity index (χ0v) is 15.6. The van der Waals surface area contributed by atoms with E-state index in [1.54, 1.807) is 0 Å². The molecule has 1 saturated carbocycles. The molecule has 0 atom stereocenters. The van der Waals surface area contributed by atoms with Gasteiger partial charge < -0.3 is 9.41 Å². The molecule has 132 valence electrons. The highest BCUT2D eigenvalue weighted by Crippen LogP contribution is 2.33. The number of hydrogen-bond acceptors (Lipinski definition) is 2. The molecule has 0 radical (unpaired) electrons. The zero-order chi connectivity index (χ0) is 18.1. The van der Waals surface area contributed by atoms with Crippen molar-refractivity contribution in [2.45, 2.75) is 39.2 Å². The molecule has 1 aliphatic carbocycles. The van der Waals surface area contributed by atoms with Crippen LogP contribution >= 0.6 is 11.6 Å². The molecule has 3 aromatic rings. The summed E-state index contributed by atoms with van der Waals surface area (Å²) in [4.78, 5) is 12.4. The Bertz CT molecular complexity index is 977. The third-order valence-corrected chi connectivity index (χ3v) is 5.62. The third kappa shape index (κ3) is 3.32. The van der Waals surface area contributed by atoms with Gasteiger partial charge in [-0.15, -0.1) is 16.5 Å². The van der Waals surface area contributed by atoms with Crippen molar-refractivity contribution >= 4 is 28.6 Å². The van der Waals surface area contributed by atoms with E-state index < -0.39 is 0 Å². The van der Waals surface area contributed by atoms with Crippen molar-refractivity contribution in [3.63, 3.8) is 0 Å². The molecule has 4 rings (SSSR count). The number of rotatable bonds is 3. The van der Waals surface area contributed by atoms with Crippen molar-refractivity contribution in [1.82, 2.24) is 14.5 Å². The van der Waals surface area contributed by atoms with Gasteiger partial charge in [0.25, 0.3) is 0 Å². The number of halogens is 1. The molecular formula is C21H21ClN4. The normalized spacial score (nSPS) is 20.2. The Labute approximate surface area is 158 Å². The Morgan fingerprint density at radius 2 is 2.00 bits per heavy atom. The van der Waals surface area contributed by atoms with Crippen LogP contribution in [0.5, 0.6) is 0 Å². The van der Waals surface area contributed by atoms with Crippen LogP contribution in [0.3, 0.4) is 0 Å². The predicted molar refractivity (Wildman–Crippen MR) is 105 cm³/mol. The van der Waals surface area contributed by atoms with Gasteiger partial charge in [0.05, 0.1) is 0 Å². The van der Waals surface area contributed by atoms with Gasteiger partial charge in [-0.05, 0) is 42.9 Å². The monoisotopic (exact) mass is 364 g/mol. The molecule has 2 heterocycles. The summed E-state index contributed by atoms with van der Waals surface area (Å²) in [5.41, 5.74) is 3.54. The van der Waals surface area contributed by atoms with Crippen molar-refractivity contribution in [2.75, 3.05) is 0 Å². The molecule has 2 aromatic heterocycles. The molecule has 0 spiro atoms.